The van der Waals surface area contributed by atoms with Crippen LogP contribution in [0, 0.1) is 5.92 Å². The number of rotatable bonds is 21. The molecule has 2 aliphatic rings. The number of carboxylic acids is 1. The number of carbonyl (C=O) groups excluding carboxylic acids is 4. The molecular formula is C30H51N7O7. The Morgan fingerprint density at radius 1 is 1.05 bits per heavy atom. The zero-order valence-electron chi connectivity index (χ0n) is 25.8. The third kappa shape index (κ3) is 12.8. The highest BCUT2D eigenvalue weighted by molar-refractivity contribution is 5.88. The predicted molar refractivity (Wildman–Crippen MR) is 165 cm³/mol. The van der Waals surface area contributed by atoms with Gasteiger partial charge >= 0.3 is 5.97 Å². The van der Waals surface area contributed by atoms with E-state index in [0.717, 1.165) is 6.42 Å². The summed E-state index contributed by atoms with van der Waals surface area (Å²) in [4.78, 5) is 63.2. The Labute approximate surface area is 259 Å². The first-order valence-electron chi connectivity index (χ1n) is 15.6. The molecule has 10 N–H and O–H groups in total. The monoisotopic (exact) mass is 621 g/mol. The number of carbonyl (C=O) groups is 5. The SMILES string of the molecule is CC(=O)N[C@@H](CCCCN)C(=O)NC1=CCC(C(=O)N2CCCC2C(O)NC(CCCCN)C(=O)CNCCC(=O)O)C=C1. The van der Waals surface area contributed by atoms with Crippen LogP contribution in [0.5, 0.6) is 0 Å². The number of nitrogens with one attached hydrogen (secondary N) is 4. The van der Waals surface area contributed by atoms with Crippen molar-refractivity contribution in [1.82, 2.24) is 26.2 Å². The fourth-order valence-corrected chi connectivity index (χ4v) is 5.42. The predicted octanol–water partition coefficient (Wildman–Crippen LogP) is -0.774. The minimum Gasteiger partial charge on any atom is -0.481 e. The number of hydrogen-bond donors (Lipinski definition) is 8. The van der Waals surface area contributed by atoms with Gasteiger partial charge in [0, 0.05) is 25.7 Å². The summed E-state index contributed by atoms with van der Waals surface area (Å²) >= 11 is 0. The number of nitrogens with two attached hydrogens (primary N) is 2. The summed E-state index contributed by atoms with van der Waals surface area (Å²) in [7, 11) is 0. The minimum atomic E-state index is -1.13. The summed E-state index contributed by atoms with van der Waals surface area (Å²) < 4.78 is 0. The lowest BCUT2D eigenvalue weighted by Gasteiger charge is -2.33. The molecule has 0 aromatic rings. The van der Waals surface area contributed by atoms with Crippen LogP contribution in [0.1, 0.15) is 71.1 Å². The maximum Gasteiger partial charge on any atom is 0.304 e. The van der Waals surface area contributed by atoms with E-state index < -0.39 is 36.2 Å². The number of carboxylic acid groups (broad SMARTS) is 1. The van der Waals surface area contributed by atoms with Gasteiger partial charge in [0.05, 0.1) is 31.0 Å². The van der Waals surface area contributed by atoms with Crippen LogP contribution in [0.15, 0.2) is 23.9 Å². The van der Waals surface area contributed by atoms with Crippen molar-refractivity contribution in [1.29, 1.82) is 0 Å². The molecule has 248 valence electrons. The van der Waals surface area contributed by atoms with Gasteiger partial charge in [0.2, 0.25) is 17.7 Å². The third-order valence-electron chi connectivity index (χ3n) is 7.79. The molecule has 44 heavy (non-hydrogen) atoms. The lowest BCUT2D eigenvalue weighted by molar-refractivity contribution is -0.138. The van der Waals surface area contributed by atoms with E-state index in [-0.39, 0.29) is 43.0 Å². The van der Waals surface area contributed by atoms with E-state index in [1.165, 1.54) is 6.92 Å². The Morgan fingerprint density at radius 3 is 2.32 bits per heavy atom. The Balaban J connectivity index is 1.96. The average molecular weight is 622 g/mol. The summed E-state index contributed by atoms with van der Waals surface area (Å²) in [5.74, 6) is -2.41. The van der Waals surface area contributed by atoms with Crippen molar-refractivity contribution >= 4 is 29.5 Å². The molecular weight excluding hydrogens is 570 g/mol. The number of allylic oxidation sites excluding steroid dienone is 2. The fourth-order valence-electron chi connectivity index (χ4n) is 5.42. The standard InChI is InChI=1S/C30H51N7O7/c1-20(38)34-24(8-3-5-16-32)28(42)35-22-12-10-21(11-13-22)30(44)37-18-6-9-25(37)29(43)36-23(7-2-4-15-31)26(39)19-33-17-14-27(40)41/h10,12-13,21,23-25,29,33,36,43H,2-9,11,14-19,31-32H2,1H3,(H,34,38)(H,35,42)(H,40,41)/t21?,23?,24-,25?,29?/m0/s1. The topological polar surface area (TPSA) is 229 Å². The van der Waals surface area contributed by atoms with Gasteiger partial charge in [0.15, 0.2) is 5.78 Å². The molecule has 14 heteroatoms. The second-order valence-corrected chi connectivity index (χ2v) is 11.4. The third-order valence-corrected chi connectivity index (χ3v) is 7.79. The number of Topliss-reactive ketones (excluding diaryl/α,β-unsaturated/α-hetero) is 1. The van der Waals surface area contributed by atoms with Crippen molar-refractivity contribution in [3.05, 3.63) is 23.9 Å². The quantitative estimate of drug-likeness (QED) is 0.0586. The first kappa shape index (κ1) is 37.0. The summed E-state index contributed by atoms with van der Waals surface area (Å²) in [5.41, 5.74) is 11.7. The summed E-state index contributed by atoms with van der Waals surface area (Å²) in [6.45, 7) is 2.94. The molecule has 0 aromatic heterocycles. The molecule has 1 saturated heterocycles. The van der Waals surface area contributed by atoms with Crippen LogP contribution in [-0.4, -0.2) is 102 Å². The summed E-state index contributed by atoms with van der Waals surface area (Å²) in [6.07, 6.45) is 9.34. The Morgan fingerprint density at radius 2 is 1.73 bits per heavy atom. The number of aliphatic carboxylic acids is 1. The number of hydrogen-bond acceptors (Lipinski definition) is 10. The smallest absolute Gasteiger partial charge is 0.304 e. The van der Waals surface area contributed by atoms with Gasteiger partial charge in [-0.25, -0.2) is 0 Å². The van der Waals surface area contributed by atoms with Gasteiger partial charge in [0.1, 0.15) is 12.3 Å². The number of amides is 3. The van der Waals surface area contributed by atoms with Crippen LogP contribution < -0.4 is 32.7 Å². The highest BCUT2D eigenvalue weighted by Gasteiger charge is 2.38. The van der Waals surface area contributed by atoms with Crippen molar-refractivity contribution in [3.8, 4) is 0 Å². The molecule has 1 heterocycles. The van der Waals surface area contributed by atoms with E-state index in [0.29, 0.717) is 76.7 Å². The first-order chi connectivity index (χ1) is 21.1. The van der Waals surface area contributed by atoms with Crippen molar-refractivity contribution in [2.24, 2.45) is 17.4 Å². The summed E-state index contributed by atoms with van der Waals surface area (Å²) in [5, 5.41) is 31.3. The zero-order valence-corrected chi connectivity index (χ0v) is 25.8. The van der Waals surface area contributed by atoms with Gasteiger partial charge in [-0.3, -0.25) is 29.3 Å². The van der Waals surface area contributed by atoms with Crippen molar-refractivity contribution in [3.63, 3.8) is 0 Å². The molecule has 1 fully saturated rings. The molecule has 4 unspecified atom stereocenters. The molecule has 1 aliphatic carbocycles. The maximum absolute atomic E-state index is 13.5. The van der Waals surface area contributed by atoms with Gasteiger partial charge in [-0.15, -0.1) is 0 Å². The lowest BCUT2D eigenvalue weighted by Crippen LogP contribution is -2.55. The summed E-state index contributed by atoms with van der Waals surface area (Å²) in [6, 6.07) is -1.87. The Hall–Kier alpha value is -3.17. The van der Waals surface area contributed by atoms with Crippen LogP contribution in [-0.2, 0) is 24.0 Å². The normalized spacial score (nSPS) is 20.0. The number of ketones is 1. The van der Waals surface area contributed by atoms with E-state index >= 15 is 0 Å². The van der Waals surface area contributed by atoms with Crippen molar-refractivity contribution < 1.29 is 34.2 Å². The molecule has 1 aliphatic heterocycles. The van der Waals surface area contributed by atoms with E-state index in [1.54, 1.807) is 23.1 Å². The van der Waals surface area contributed by atoms with E-state index in [2.05, 4.69) is 21.3 Å². The molecule has 0 spiro atoms. The zero-order chi connectivity index (χ0) is 32.5. The van der Waals surface area contributed by atoms with Crippen LogP contribution in [0.3, 0.4) is 0 Å². The first-order valence-corrected chi connectivity index (χ1v) is 15.6. The van der Waals surface area contributed by atoms with Crippen molar-refractivity contribution in [2.75, 3.05) is 32.7 Å². The van der Waals surface area contributed by atoms with Crippen LogP contribution in [0.2, 0.25) is 0 Å². The van der Waals surface area contributed by atoms with Crippen LogP contribution in [0.25, 0.3) is 0 Å². The second kappa shape index (κ2) is 20.0. The highest BCUT2D eigenvalue weighted by Crippen LogP contribution is 2.26. The van der Waals surface area contributed by atoms with Gasteiger partial charge in [-0.2, -0.15) is 0 Å². The molecule has 0 bridgehead atoms. The Kier molecular flexibility index (Phi) is 16.8. The number of nitrogens with zero attached hydrogens (tertiary/aromatic N) is 1. The fraction of sp³-hybridized carbons (Fsp3) is 0.700. The van der Waals surface area contributed by atoms with Gasteiger partial charge in [-0.05, 0) is 70.5 Å². The number of likely N-dealkylation sites (tertiary alicyclic amines) is 1. The largest absolute Gasteiger partial charge is 0.481 e. The number of aliphatic hydroxyl groups is 1. The van der Waals surface area contributed by atoms with Gasteiger partial charge in [0.25, 0.3) is 0 Å². The Bertz CT molecular complexity index is 1040. The maximum atomic E-state index is 13.5. The molecule has 14 nitrogen and oxygen atoms in total. The number of aliphatic hydroxyl groups excluding tert-OH is 1. The second-order valence-electron chi connectivity index (χ2n) is 11.4. The average Bonchev–Trinajstić information content (AvgIpc) is 3.48. The molecule has 3 amide bonds. The van der Waals surface area contributed by atoms with Crippen LogP contribution in [0.4, 0.5) is 0 Å². The van der Waals surface area contributed by atoms with E-state index in [4.69, 9.17) is 16.6 Å². The minimum absolute atomic E-state index is 0.0368. The molecule has 5 atom stereocenters. The van der Waals surface area contributed by atoms with Crippen molar-refractivity contribution in [2.45, 2.75) is 95.5 Å². The molecule has 0 radical (unpaired) electrons. The highest BCUT2D eigenvalue weighted by atomic mass is 16.4. The molecule has 0 saturated carbocycles. The van der Waals surface area contributed by atoms with Crippen LogP contribution >= 0.6 is 0 Å². The van der Waals surface area contributed by atoms with E-state index in [9.17, 15) is 29.1 Å². The molecule has 0 aromatic carbocycles. The molecule has 2 rings (SSSR count). The van der Waals surface area contributed by atoms with Gasteiger partial charge in [-0.1, -0.05) is 18.6 Å². The van der Waals surface area contributed by atoms with E-state index in [1.807, 2.05) is 0 Å². The lowest BCUT2D eigenvalue weighted by atomic mass is 9.97. The van der Waals surface area contributed by atoms with Gasteiger partial charge < -0.3 is 42.5 Å². The number of unbranched alkanes of at least 4 members (excludes halogenated alkanes) is 2.